The van der Waals surface area contributed by atoms with Crippen LogP contribution in [0.1, 0.15) is 5.56 Å². The molecule has 2 aromatic rings. The zero-order valence-corrected chi connectivity index (χ0v) is 12.2. The zero-order valence-electron chi connectivity index (χ0n) is 12.2. The third kappa shape index (κ3) is 3.95. The van der Waals surface area contributed by atoms with E-state index in [9.17, 15) is 0 Å². The van der Waals surface area contributed by atoms with Gasteiger partial charge in [-0.2, -0.15) is 0 Å². The van der Waals surface area contributed by atoms with Gasteiger partial charge in [0.25, 0.3) is 0 Å². The number of benzene rings is 1. The first-order valence-electron chi connectivity index (χ1n) is 7.47. The molecule has 1 aliphatic heterocycles. The summed E-state index contributed by atoms with van der Waals surface area (Å²) in [6.45, 7) is 4.54. The van der Waals surface area contributed by atoms with Gasteiger partial charge in [-0.15, -0.1) is 0 Å². The van der Waals surface area contributed by atoms with Crippen molar-refractivity contribution in [3.63, 3.8) is 0 Å². The van der Waals surface area contributed by atoms with Gasteiger partial charge in [-0.1, -0.05) is 0 Å². The monoisotopic (exact) mass is 283 g/mol. The van der Waals surface area contributed by atoms with Gasteiger partial charge in [-0.3, -0.25) is 4.98 Å². The fraction of sp³-hybridized carbons (Fsp3) is 0.353. The average molecular weight is 283 g/mol. The van der Waals surface area contributed by atoms with E-state index in [-0.39, 0.29) is 0 Å². The van der Waals surface area contributed by atoms with Crippen LogP contribution in [0, 0.1) is 0 Å². The molecule has 0 spiro atoms. The topological polar surface area (TPSA) is 37.4 Å². The molecule has 4 heteroatoms. The molecular formula is C17H21N3O. The van der Waals surface area contributed by atoms with Crippen LogP contribution in [0.15, 0.2) is 48.8 Å². The largest absolute Gasteiger partial charge is 0.385 e. The number of hydrogen-bond donors (Lipinski definition) is 1. The maximum absolute atomic E-state index is 5.38. The third-order valence-electron chi connectivity index (χ3n) is 3.74. The lowest BCUT2D eigenvalue weighted by Crippen LogP contribution is -2.36. The Bertz CT molecular complexity index is 536. The molecule has 0 amide bonds. The minimum Gasteiger partial charge on any atom is -0.385 e. The van der Waals surface area contributed by atoms with Crippen LogP contribution in [0.3, 0.4) is 0 Å². The Morgan fingerprint density at radius 3 is 2.43 bits per heavy atom. The van der Waals surface area contributed by atoms with Crippen molar-refractivity contribution in [2.24, 2.45) is 0 Å². The number of rotatable bonds is 5. The highest BCUT2D eigenvalue weighted by molar-refractivity contribution is 5.55. The van der Waals surface area contributed by atoms with Crippen molar-refractivity contribution >= 4 is 11.4 Å². The van der Waals surface area contributed by atoms with Gasteiger partial charge < -0.3 is 15.0 Å². The molecule has 0 radical (unpaired) electrons. The highest BCUT2D eigenvalue weighted by Gasteiger charge is 2.10. The van der Waals surface area contributed by atoms with Crippen LogP contribution < -0.4 is 10.2 Å². The molecule has 1 aromatic heterocycles. The highest BCUT2D eigenvalue weighted by atomic mass is 16.5. The summed E-state index contributed by atoms with van der Waals surface area (Å²) in [5, 5.41) is 3.46. The van der Waals surface area contributed by atoms with Crippen molar-refractivity contribution in [1.82, 2.24) is 4.98 Å². The van der Waals surface area contributed by atoms with E-state index >= 15 is 0 Å². The minimum atomic E-state index is 0.825. The molecule has 1 N–H and O–H groups in total. The van der Waals surface area contributed by atoms with E-state index in [0.717, 1.165) is 39.3 Å². The normalized spacial score (nSPS) is 15.0. The predicted octanol–water partition coefficient (Wildman–Crippen LogP) is 2.57. The standard InChI is InChI=1S/C17H21N3O/c1-3-17(20-11-13-21-14-12-20)4-2-16(1)19-10-7-15-5-8-18-9-6-15/h1-6,8-9,19H,7,10-14H2. The molecule has 0 saturated carbocycles. The van der Waals surface area contributed by atoms with Crippen LogP contribution in [0.4, 0.5) is 11.4 Å². The zero-order chi connectivity index (χ0) is 14.3. The fourth-order valence-corrected chi connectivity index (χ4v) is 2.51. The molecule has 2 heterocycles. The molecule has 110 valence electrons. The lowest BCUT2D eigenvalue weighted by atomic mass is 10.2. The SMILES string of the molecule is c1cc(CCNc2ccc(N3CCOCC3)cc2)ccn1. The second-order valence-electron chi connectivity index (χ2n) is 5.18. The number of ether oxygens (including phenoxy) is 1. The summed E-state index contributed by atoms with van der Waals surface area (Å²) in [5.41, 5.74) is 3.75. The van der Waals surface area contributed by atoms with Crippen molar-refractivity contribution in [1.29, 1.82) is 0 Å². The number of morpholine rings is 1. The van der Waals surface area contributed by atoms with Gasteiger partial charge in [-0.05, 0) is 48.4 Å². The van der Waals surface area contributed by atoms with E-state index in [1.165, 1.54) is 16.9 Å². The van der Waals surface area contributed by atoms with Gasteiger partial charge in [-0.25, -0.2) is 0 Å². The maximum atomic E-state index is 5.38. The Morgan fingerprint density at radius 2 is 1.71 bits per heavy atom. The van der Waals surface area contributed by atoms with E-state index in [2.05, 4.69) is 51.6 Å². The molecule has 0 bridgehead atoms. The molecule has 3 rings (SSSR count). The maximum Gasteiger partial charge on any atom is 0.0642 e. The summed E-state index contributed by atoms with van der Waals surface area (Å²) < 4.78 is 5.38. The van der Waals surface area contributed by atoms with Gasteiger partial charge in [0, 0.05) is 43.4 Å². The van der Waals surface area contributed by atoms with Crippen molar-refractivity contribution < 1.29 is 4.74 Å². The van der Waals surface area contributed by atoms with Gasteiger partial charge in [0.2, 0.25) is 0 Å². The van der Waals surface area contributed by atoms with E-state index in [1.54, 1.807) is 0 Å². The lowest BCUT2D eigenvalue weighted by Gasteiger charge is -2.28. The number of hydrogen-bond acceptors (Lipinski definition) is 4. The molecule has 1 aliphatic rings. The Morgan fingerprint density at radius 1 is 1.00 bits per heavy atom. The molecular weight excluding hydrogens is 262 g/mol. The van der Waals surface area contributed by atoms with Crippen LogP contribution >= 0.6 is 0 Å². The van der Waals surface area contributed by atoms with Crippen LogP contribution in [0.2, 0.25) is 0 Å². The summed E-state index contributed by atoms with van der Waals surface area (Å²) in [4.78, 5) is 6.40. The van der Waals surface area contributed by atoms with Crippen molar-refractivity contribution in [2.45, 2.75) is 6.42 Å². The third-order valence-corrected chi connectivity index (χ3v) is 3.74. The molecule has 1 saturated heterocycles. The fourth-order valence-electron chi connectivity index (χ4n) is 2.51. The van der Waals surface area contributed by atoms with Crippen molar-refractivity contribution in [3.8, 4) is 0 Å². The molecule has 1 aromatic carbocycles. The van der Waals surface area contributed by atoms with Gasteiger partial charge >= 0.3 is 0 Å². The smallest absolute Gasteiger partial charge is 0.0642 e. The first kappa shape index (κ1) is 13.9. The summed E-state index contributed by atoms with van der Waals surface area (Å²) in [6, 6.07) is 12.8. The molecule has 21 heavy (non-hydrogen) atoms. The number of pyridine rings is 1. The number of anilines is 2. The lowest BCUT2D eigenvalue weighted by molar-refractivity contribution is 0.122. The second-order valence-corrected chi connectivity index (χ2v) is 5.18. The summed E-state index contributed by atoms with van der Waals surface area (Å²) in [5.74, 6) is 0. The predicted molar refractivity (Wildman–Crippen MR) is 85.9 cm³/mol. The molecule has 0 atom stereocenters. The summed E-state index contributed by atoms with van der Waals surface area (Å²) >= 11 is 0. The Kier molecular flexibility index (Phi) is 4.69. The number of nitrogens with one attached hydrogen (secondary N) is 1. The molecule has 4 nitrogen and oxygen atoms in total. The number of nitrogens with zero attached hydrogens (tertiary/aromatic N) is 2. The highest BCUT2D eigenvalue weighted by Crippen LogP contribution is 2.19. The molecule has 0 aliphatic carbocycles. The van der Waals surface area contributed by atoms with Crippen molar-refractivity contribution in [2.75, 3.05) is 43.1 Å². The van der Waals surface area contributed by atoms with E-state index in [4.69, 9.17) is 4.74 Å². The second kappa shape index (κ2) is 7.09. The van der Waals surface area contributed by atoms with E-state index < -0.39 is 0 Å². The average Bonchev–Trinajstić information content (AvgIpc) is 2.57. The Hall–Kier alpha value is -2.07. The van der Waals surface area contributed by atoms with Crippen molar-refractivity contribution in [3.05, 3.63) is 54.4 Å². The van der Waals surface area contributed by atoms with E-state index in [0.29, 0.717) is 0 Å². The summed E-state index contributed by atoms with van der Waals surface area (Å²) in [7, 11) is 0. The van der Waals surface area contributed by atoms with Gasteiger partial charge in [0.15, 0.2) is 0 Å². The Labute approximate surface area is 125 Å². The van der Waals surface area contributed by atoms with Gasteiger partial charge in [0.05, 0.1) is 13.2 Å². The quantitative estimate of drug-likeness (QED) is 0.915. The van der Waals surface area contributed by atoms with E-state index in [1.807, 2.05) is 12.4 Å². The summed E-state index contributed by atoms with van der Waals surface area (Å²) in [6.07, 6.45) is 4.69. The van der Waals surface area contributed by atoms with Crippen LogP contribution in [-0.2, 0) is 11.2 Å². The number of aromatic nitrogens is 1. The minimum absolute atomic E-state index is 0.825. The first-order valence-corrected chi connectivity index (χ1v) is 7.47. The molecule has 0 unspecified atom stereocenters. The van der Waals surface area contributed by atoms with Crippen LogP contribution in [-0.4, -0.2) is 37.8 Å². The van der Waals surface area contributed by atoms with Crippen LogP contribution in [0.5, 0.6) is 0 Å². The van der Waals surface area contributed by atoms with Crippen LogP contribution in [0.25, 0.3) is 0 Å². The molecule has 1 fully saturated rings. The van der Waals surface area contributed by atoms with Gasteiger partial charge in [0.1, 0.15) is 0 Å². The Balaban J connectivity index is 1.50. The first-order chi connectivity index (χ1) is 10.4.